The number of aryl methyl sites for hydroxylation is 2. The number of amides is 1. The number of hydrogen-bond donors (Lipinski definition) is 0. The van der Waals surface area contributed by atoms with Crippen LogP contribution >= 0.6 is 11.3 Å². The number of rotatable bonds is 3. The largest absolute Gasteiger partial charge is 0.370 e. The summed E-state index contributed by atoms with van der Waals surface area (Å²) in [6.45, 7) is 6.18. The highest BCUT2D eigenvalue weighted by molar-refractivity contribution is 7.10. The molecule has 5 nitrogen and oxygen atoms in total. The van der Waals surface area contributed by atoms with Crippen molar-refractivity contribution >= 4 is 17.2 Å². The van der Waals surface area contributed by atoms with E-state index in [1.54, 1.807) is 0 Å². The molecule has 1 amide bonds. The molecule has 4 heterocycles. The number of aromatic nitrogens is 1. The van der Waals surface area contributed by atoms with Crippen LogP contribution in [0.2, 0.25) is 0 Å². The van der Waals surface area contributed by atoms with Gasteiger partial charge in [-0.1, -0.05) is 5.16 Å². The third-order valence-electron chi connectivity index (χ3n) is 5.64. The Morgan fingerprint density at radius 1 is 1.36 bits per heavy atom. The molecule has 1 spiro atoms. The van der Waals surface area contributed by atoms with Crippen molar-refractivity contribution in [2.24, 2.45) is 0 Å². The minimum atomic E-state index is -0.161. The summed E-state index contributed by atoms with van der Waals surface area (Å²) in [7, 11) is 0. The number of likely N-dealkylation sites (tertiary alicyclic amines) is 1. The molecule has 2 aliphatic heterocycles. The highest BCUT2D eigenvalue weighted by Crippen LogP contribution is 2.43. The number of ether oxygens (including phenoxy) is 1. The van der Waals surface area contributed by atoms with Crippen molar-refractivity contribution in [3.05, 3.63) is 38.9 Å². The molecule has 0 aliphatic carbocycles. The van der Waals surface area contributed by atoms with Gasteiger partial charge in [0.2, 0.25) is 5.91 Å². The fraction of sp³-hybridized carbons (Fsp3) is 0.579. The van der Waals surface area contributed by atoms with Crippen LogP contribution in [-0.4, -0.2) is 35.7 Å². The van der Waals surface area contributed by atoms with Crippen molar-refractivity contribution in [2.45, 2.75) is 51.6 Å². The first-order valence-corrected chi connectivity index (χ1v) is 9.87. The Labute approximate surface area is 151 Å². The van der Waals surface area contributed by atoms with E-state index in [4.69, 9.17) is 9.26 Å². The SMILES string of the molecule is Cc1noc(C)c1CCC(=O)N1CCC2(CC1)OCCc1sccc12. The molecular weight excluding hydrogens is 336 g/mol. The lowest BCUT2D eigenvalue weighted by Crippen LogP contribution is -2.48. The lowest BCUT2D eigenvalue weighted by molar-refractivity contribution is -0.140. The minimum absolute atomic E-state index is 0.161. The molecule has 4 rings (SSSR count). The molecule has 0 unspecified atom stereocenters. The van der Waals surface area contributed by atoms with Crippen LogP contribution in [-0.2, 0) is 28.0 Å². The fourth-order valence-electron chi connectivity index (χ4n) is 4.14. The van der Waals surface area contributed by atoms with Gasteiger partial charge in [0, 0.05) is 36.4 Å². The summed E-state index contributed by atoms with van der Waals surface area (Å²) >= 11 is 1.83. The number of nitrogens with zero attached hydrogens (tertiary/aromatic N) is 2. The highest BCUT2D eigenvalue weighted by Gasteiger charge is 2.42. The molecule has 0 saturated carbocycles. The maximum Gasteiger partial charge on any atom is 0.222 e. The molecule has 0 N–H and O–H groups in total. The van der Waals surface area contributed by atoms with Crippen LogP contribution < -0.4 is 0 Å². The van der Waals surface area contributed by atoms with Gasteiger partial charge in [-0.2, -0.15) is 0 Å². The maximum atomic E-state index is 12.6. The van der Waals surface area contributed by atoms with E-state index in [9.17, 15) is 4.79 Å². The first-order chi connectivity index (χ1) is 12.1. The molecule has 25 heavy (non-hydrogen) atoms. The molecule has 1 saturated heterocycles. The second kappa shape index (κ2) is 6.57. The van der Waals surface area contributed by atoms with E-state index in [0.29, 0.717) is 12.8 Å². The zero-order valence-corrected chi connectivity index (χ0v) is 15.7. The molecule has 0 bridgehead atoms. The number of hydrogen-bond acceptors (Lipinski definition) is 5. The van der Waals surface area contributed by atoms with Gasteiger partial charge in [0.25, 0.3) is 0 Å². The Hall–Kier alpha value is -1.66. The molecule has 0 radical (unpaired) electrons. The van der Waals surface area contributed by atoms with Crippen LogP contribution in [0.5, 0.6) is 0 Å². The number of piperidine rings is 1. The predicted octanol–water partition coefficient (Wildman–Crippen LogP) is 3.38. The molecule has 2 aliphatic rings. The van der Waals surface area contributed by atoms with Crippen molar-refractivity contribution in [3.63, 3.8) is 0 Å². The lowest BCUT2D eigenvalue weighted by atomic mass is 9.82. The van der Waals surface area contributed by atoms with Crippen molar-refractivity contribution < 1.29 is 14.1 Å². The van der Waals surface area contributed by atoms with Gasteiger partial charge >= 0.3 is 0 Å². The first kappa shape index (κ1) is 16.8. The van der Waals surface area contributed by atoms with Crippen LogP contribution in [0.3, 0.4) is 0 Å². The van der Waals surface area contributed by atoms with Crippen molar-refractivity contribution in [1.82, 2.24) is 10.1 Å². The Morgan fingerprint density at radius 2 is 2.16 bits per heavy atom. The Kier molecular flexibility index (Phi) is 4.41. The van der Waals surface area contributed by atoms with Crippen LogP contribution in [0.25, 0.3) is 0 Å². The van der Waals surface area contributed by atoms with Crippen molar-refractivity contribution in [2.75, 3.05) is 19.7 Å². The van der Waals surface area contributed by atoms with Crippen LogP contribution in [0.1, 0.15) is 46.7 Å². The molecule has 1 fully saturated rings. The summed E-state index contributed by atoms with van der Waals surface area (Å²) in [5.74, 6) is 1.04. The molecule has 2 aromatic rings. The van der Waals surface area contributed by atoms with Gasteiger partial charge in [-0.15, -0.1) is 11.3 Å². The molecule has 0 atom stereocenters. The summed E-state index contributed by atoms with van der Waals surface area (Å²) in [4.78, 5) is 16.1. The van der Waals surface area contributed by atoms with Crippen LogP contribution in [0.4, 0.5) is 0 Å². The number of fused-ring (bicyclic) bond motifs is 2. The molecular formula is C19H24N2O3S. The van der Waals surface area contributed by atoms with Crippen molar-refractivity contribution in [1.29, 1.82) is 0 Å². The van der Waals surface area contributed by atoms with E-state index >= 15 is 0 Å². The van der Waals surface area contributed by atoms with E-state index < -0.39 is 0 Å². The summed E-state index contributed by atoms with van der Waals surface area (Å²) in [6, 6.07) is 2.22. The molecule has 6 heteroatoms. The maximum absolute atomic E-state index is 12.6. The van der Waals surface area contributed by atoms with Gasteiger partial charge in [0.1, 0.15) is 5.76 Å². The number of thiophene rings is 1. The van der Waals surface area contributed by atoms with Gasteiger partial charge in [0.05, 0.1) is 17.9 Å². The third kappa shape index (κ3) is 3.02. The zero-order valence-electron chi connectivity index (χ0n) is 14.8. The highest BCUT2D eigenvalue weighted by atomic mass is 32.1. The summed E-state index contributed by atoms with van der Waals surface area (Å²) in [5.41, 5.74) is 3.17. The summed E-state index contributed by atoms with van der Waals surface area (Å²) < 4.78 is 11.4. The second-order valence-corrected chi connectivity index (χ2v) is 8.03. The topological polar surface area (TPSA) is 55.6 Å². The lowest BCUT2D eigenvalue weighted by Gasteiger charge is -2.44. The Morgan fingerprint density at radius 3 is 2.88 bits per heavy atom. The zero-order chi connectivity index (χ0) is 17.4. The van der Waals surface area contributed by atoms with E-state index in [1.807, 2.05) is 30.1 Å². The van der Waals surface area contributed by atoms with Crippen molar-refractivity contribution in [3.8, 4) is 0 Å². The van der Waals surface area contributed by atoms with Gasteiger partial charge in [-0.25, -0.2) is 0 Å². The first-order valence-electron chi connectivity index (χ1n) is 8.99. The molecule has 0 aromatic carbocycles. The average molecular weight is 360 g/mol. The van der Waals surface area contributed by atoms with E-state index in [2.05, 4.69) is 16.6 Å². The van der Waals surface area contributed by atoms with E-state index in [1.165, 1.54) is 10.4 Å². The fourth-order valence-corrected chi connectivity index (χ4v) is 5.09. The van der Waals surface area contributed by atoms with Gasteiger partial charge in [-0.05, 0) is 50.1 Å². The summed E-state index contributed by atoms with van der Waals surface area (Å²) in [5, 5.41) is 6.13. The molecule has 134 valence electrons. The van der Waals surface area contributed by atoms with E-state index in [0.717, 1.165) is 56.0 Å². The second-order valence-electron chi connectivity index (χ2n) is 7.03. The quantitative estimate of drug-likeness (QED) is 0.842. The van der Waals surface area contributed by atoms with Gasteiger partial charge in [0.15, 0.2) is 0 Å². The van der Waals surface area contributed by atoms with Gasteiger partial charge < -0.3 is 14.2 Å². The van der Waals surface area contributed by atoms with Gasteiger partial charge in [-0.3, -0.25) is 4.79 Å². The normalized spacial score (nSPS) is 19.2. The van der Waals surface area contributed by atoms with Crippen LogP contribution in [0, 0.1) is 13.8 Å². The Bertz CT molecular complexity index is 752. The summed E-state index contributed by atoms with van der Waals surface area (Å²) in [6.07, 6.45) is 4.03. The number of carbonyl (C=O) groups is 1. The minimum Gasteiger partial charge on any atom is -0.370 e. The van der Waals surface area contributed by atoms with Crippen LogP contribution in [0.15, 0.2) is 16.0 Å². The van der Waals surface area contributed by atoms with E-state index in [-0.39, 0.29) is 11.5 Å². The average Bonchev–Trinajstić information content (AvgIpc) is 3.22. The standard InChI is InChI=1S/C19H24N2O3S/c1-13-15(14(2)24-20-13)3-4-18(22)21-9-7-19(8-10-21)16-6-12-25-17(16)5-11-23-19/h6,12H,3-5,7-11H2,1-2H3. The number of carbonyl (C=O) groups excluding carboxylic acids is 1. The third-order valence-corrected chi connectivity index (χ3v) is 6.62. The molecule has 2 aromatic heterocycles. The smallest absolute Gasteiger partial charge is 0.222 e. The monoisotopic (exact) mass is 360 g/mol. The predicted molar refractivity (Wildman–Crippen MR) is 95.8 cm³/mol. The Balaban J connectivity index is 1.37.